The van der Waals surface area contributed by atoms with E-state index in [1.807, 2.05) is 18.4 Å². The van der Waals surface area contributed by atoms with E-state index in [1.165, 1.54) is 38.2 Å². The van der Waals surface area contributed by atoms with Gasteiger partial charge >= 0.3 is 0 Å². The van der Waals surface area contributed by atoms with E-state index in [9.17, 15) is 24.3 Å². The van der Waals surface area contributed by atoms with Crippen molar-refractivity contribution >= 4 is 52.4 Å². The summed E-state index contributed by atoms with van der Waals surface area (Å²) in [4.78, 5) is 58.7. The molecule has 3 atom stereocenters. The summed E-state index contributed by atoms with van der Waals surface area (Å²) >= 11 is 8.11. The monoisotopic (exact) mass is 693 g/mol. The van der Waals surface area contributed by atoms with Crippen LogP contribution in [-0.4, -0.2) is 66.1 Å². The number of methoxy groups -OCH3 is 2. The number of allylic oxidation sites excluding steroid dienone is 1. The molecule has 252 valence electrons. The molecule has 3 N–H and O–H groups in total. The van der Waals surface area contributed by atoms with Gasteiger partial charge in [0.2, 0.25) is 23.2 Å². The van der Waals surface area contributed by atoms with Gasteiger partial charge in [0.25, 0.3) is 0 Å². The van der Waals surface area contributed by atoms with Gasteiger partial charge in [-0.2, -0.15) is 0 Å². The molecule has 2 amide bonds. The van der Waals surface area contributed by atoms with E-state index in [4.69, 9.17) is 25.8 Å². The van der Waals surface area contributed by atoms with Crippen LogP contribution in [0.2, 0.25) is 5.02 Å². The van der Waals surface area contributed by atoms with Crippen molar-refractivity contribution in [2.45, 2.75) is 49.0 Å². The smallest absolute Gasteiger partial charge is 0.231 e. The number of benzene rings is 2. The van der Waals surface area contributed by atoms with Crippen molar-refractivity contribution in [2.24, 2.45) is 5.92 Å². The Morgan fingerprint density at radius 2 is 1.88 bits per heavy atom. The number of Topliss-reactive ketones (excluding diaryl/α,β-unsaturated/α-hetero) is 2. The van der Waals surface area contributed by atoms with Gasteiger partial charge in [-0.15, -0.1) is 11.8 Å². The number of carbonyl (C=O) groups is 4. The molecule has 2 aliphatic rings. The fraction of sp³-hybridized carbons (Fsp3) is 0.343. The van der Waals surface area contributed by atoms with E-state index in [0.29, 0.717) is 17.7 Å². The van der Waals surface area contributed by atoms with Crippen LogP contribution in [0.3, 0.4) is 0 Å². The first-order valence-corrected chi connectivity index (χ1v) is 16.9. The SMILES string of the molecule is COc1cc(OC)c2c(c1Cl)O[C@]1(C2=O)C(O)=C(C(CC(=O)NCCCC(=O)Nc2cccnc2)c2ccc(SC)cc2)C(=O)C[C@H]1C. The first-order valence-electron chi connectivity index (χ1n) is 15.3. The number of aliphatic hydroxyl groups is 1. The molecule has 1 aliphatic heterocycles. The molecule has 3 aromatic rings. The standard InChI is InChI=1S/C35H36ClN3O8S/c1-19-15-24(40)29(33(43)35(19)34(44)30-25(45-2)17-26(46-3)31(36)32(30)47-35)23(20-9-11-22(48-4)12-10-20)16-28(42)38-14-6-8-27(41)39-21-7-5-13-37-18-21/h5,7,9-13,17-19,23,43H,6,8,14-16H2,1-4H3,(H,38,42)(H,39,41)/t19-,23?,35+/m1/s1. The number of anilines is 1. The molecule has 2 aromatic carbocycles. The van der Waals surface area contributed by atoms with Crippen molar-refractivity contribution in [2.75, 3.05) is 32.3 Å². The summed E-state index contributed by atoms with van der Waals surface area (Å²) in [6.07, 6.45) is 5.25. The zero-order valence-corrected chi connectivity index (χ0v) is 28.5. The van der Waals surface area contributed by atoms with Crippen LogP contribution in [0.25, 0.3) is 0 Å². The van der Waals surface area contributed by atoms with Crippen molar-refractivity contribution in [3.63, 3.8) is 0 Å². The van der Waals surface area contributed by atoms with Crippen LogP contribution in [0, 0.1) is 5.92 Å². The first-order chi connectivity index (χ1) is 23.0. The van der Waals surface area contributed by atoms with Crippen LogP contribution in [-0.2, 0) is 14.4 Å². The van der Waals surface area contributed by atoms with Gasteiger partial charge < -0.3 is 30.0 Å². The Labute approximate surface area is 287 Å². The van der Waals surface area contributed by atoms with Crippen LogP contribution in [0.4, 0.5) is 5.69 Å². The van der Waals surface area contributed by atoms with Gasteiger partial charge in [0.1, 0.15) is 22.1 Å². The fourth-order valence-electron chi connectivity index (χ4n) is 6.16. The number of amides is 2. The number of fused-ring (bicyclic) bond motifs is 1. The minimum Gasteiger partial charge on any atom is -0.507 e. The van der Waals surface area contributed by atoms with E-state index in [2.05, 4.69) is 15.6 Å². The zero-order valence-electron chi connectivity index (χ0n) is 26.9. The van der Waals surface area contributed by atoms with Crippen LogP contribution in [0.5, 0.6) is 17.2 Å². The Balaban J connectivity index is 1.44. The lowest BCUT2D eigenvalue weighted by Crippen LogP contribution is -2.53. The zero-order chi connectivity index (χ0) is 34.6. The second-order valence-corrected chi connectivity index (χ2v) is 12.8. The van der Waals surface area contributed by atoms with Crippen LogP contribution < -0.4 is 24.8 Å². The molecule has 0 bridgehead atoms. The predicted molar refractivity (Wildman–Crippen MR) is 181 cm³/mol. The van der Waals surface area contributed by atoms with Crippen LogP contribution >= 0.6 is 23.4 Å². The molecule has 48 heavy (non-hydrogen) atoms. The number of nitrogens with one attached hydrogen (secondary N) is 2. The third-order valence-corrected chi connectivity index (χ3v) is 9.72. The van der Waals surface area contributed by atoms with Crippen molar-refractivity contribution in [1.29, 1.82) is 0 Å². The molecule has 0 saturated carbocycles. The molecular formula is C35H36ClN3O8S. The molecule has 1 aliphatic carbocycles. The summed E-state index contributed by atoms with van der Waals surface area (Å²) in [6, 6.07) is 12.2. The number of aliphatic hydroxyl groups excluding tert-OH is 1. The molecule has 2 heterocycles. The average molecular weight is 694 g/mol. The third kappa shape index (κ3) is 6.59. The van der Waals surface area contributed by atoms with Gasteiger partial charge in [-0.3, -0.25) is 24.2 Å². The Hall–Kier alpha value is -4.55. The quantitative estimate of drug-likeness (QED) is 0.154. The summed E-state index contributed by atoms with van der Waals surface area (Å²) in [6.45, 7) is 1.85. The third-order valence-electron chi connectivity index (χ3n) is 8.62. The number of hydrogen-bond acceptors (Lipinski definition) is 10. The summed E-state index contributed by atoms with van der Waals surface area (Å²) < 4.78 is 17.1. The Morgan fingerprint density at radius 1 is 1.15 bits per heavy atom. The number of thioether (sulfide) groups is 1. The molecule has 0 radical (unpaired) electrons. The van der Waals surface area contributed by atoms with Crippen molar-refractivity contribution in [3.8, 4) is 17.2 Å². The molecule has 1 spiro atoms. The fourth-order valence-corrected chi connectivity index (χ4v) is 6.83. The Kier molecular flexibility index (Phi) is 10.6. The van der Waals surface area contributed by atoms with Crippen molar-refractivity contribution in [3.05, 3.63) is 82.3 Å². The van der Waals surface area contributed by atoms with Gasteiger partial charge in [0.05, 0.1) is 26.1 Å². The van der Waals surface area contributed by atoms with E-state index >= 15 is 0 Å². The molecule has 13 heteroatoms. The second-order valence-electron chi connectivity index (χ2n) is 11.5. The van der Waals surface area contributed by atoms with Crippen molar-refractivity contribution in [1.82, 2.24) is 10.3 Å². The first kappa shape index (κ1) is 34.8. The minimum atomic E-state index is -1.98. The lowest BCUT2D eigenvalue weighted by atomic mass is 9.69. The maximum atomic E-state index is 14.3. The number of pyridine rings is 1. The van der Waals surface area contributed by atoms with Crippen molar-refractivity contribution < 1.29 is 38.5 Å². The molecule has 0 saturated heterocycles. The van der Waals surface area contributed by atoms with Crippen LogP contribution in [0.1, 0.15) is 54.4 Å². The Morgan fingerprint density at radius 3 is 2.52 bits per heavy atom. The number of nitrogens with zero attached hydrogens (tertiary/aromatic N) is 1. The number of ketones is 2. The number of halogens is 1. The lowest BCUT2D eigenvalue weighted by molar-refractivity contribution is -0.122. The molecule has 11 nitrogen and oxygen atoms in total. The number of rotatable bonds is 12. The second kappa shape index (κ2) is 14.7. The number of ether oxygens (including phenoxy) is 3. The highest BCUT2D eigenvalue weighted by molar-refractivity contribution is 7.98. The van der Waals surface area contributed by atoms with Gasteiger partial charge in [-0.1, -0.05) is 30.7 Å². The number of aromatic nitrogens is 1. The maximum Gasteiger partial charge on any atom is 0.231 e. The molecule has 5 rings (SSSR count). The number of carbonyl (C=O) groups excluding carboxylic acids is 4. The average Bonchev–Trinajstić information content (AvgIpc) is 3.40. The maximum absolute atomic E-state index is 14.3. The van der Waals surface area contributed by atoms with Gasteiger partial charge in [-0.05, 0) is 42.5 Å². The normalized spacial score (nSPS) is 19.1. The highest BCUT2D eigenvalue weighted by atomic mass is 35.5. The summed E-state index contributed by atoms with van der Waals surface area (Å²) in [5, 5.41) is 17.6. The molecular weight excluding hydrogens is 658 g/mol. The van der Waals surface area contributed by atoms with Gasteiger partial charge in [-0.25, -0.2) is 0 Å². The summed E-state index contributed by atoms with van der Waals surface area (Å²) in [7, 11) is 2.79. The minimum absolute atomic E-state index is 0.0175. The van der Waals surface area contributed by atoms with Crippen LogP contribution in [0.15, 0.2) is 71.1 Å². The highest BCUT2D eigenvalue weighted by Gasteiger charge is 2.61. The van der Waals surface area contributed by atoms with E-state index in [-0.39, 0.29) is 65.1 Å². The lowest BCUT2D eigenvalue weighted by Gasteiger charge is -2.38. The number of hydrogen-bond donors (Lipinski definition) is 3. The molecule has 0 fully saturated rings. The summed E-state index contributed by atoms with van der Waals surface area (Å²) in [5.41, 5.74) is -0.865. The highest BCUT2D eigenvalue weighted by Crippen LogP contribution is 2.55. The predicted octanol–water partition coefficient (Wildman–Crippen LogP) is 5.92. The van der Waals surface area contributed by atoms with E-state index in [0.717, 1.165) is 4.90 Å². The van der Waals surface area contributed by atoms with E-state index in [1.54, 1.807) is 37.4 Å². The molecule has 1 unspecified atom stereocenters. The van der Waals surface area contributed by atoms with Gasteiger partial charge in [0, 0.05) is 60.4 Å². The Bertz CT molecular complexity index is 1770. The largest absolute Gasteiger partial charge is 0.507 e. The van der Waals surface area contributed by atoms with E-state index < -0.39 is 40.7 Å². The summed E-state index contributed by atoms with van der Waals surface area (Å²) in [5.74, 6) is -3.58. The molecule has 1 aromatic heterocycles. The topological polar surface area (TPSA) is 153 Å². The van der Waals surface area contributed by atoms with Gasteiger partial charge in [0.15, 0.2) is 17.3 Å².